The fourth-order valence-electron chi connectivity index (χ4n) is 3.02. The number of hydrogen-bond donors (Lipinski definition) is 1. The van der Waals surface area contributed by atoms with Gasteiger partial charge in [0.1, 0.15) is 16.8 Å². The van der Waals surface area contributed by atoms with Crippen molar-refractivity contribution in [3.8, 4) is 17.1 Å². The van der Waals surface area contributed by atoms with Crippen molar-refractivity contribution in [2.24, 2.45) is 7.05 Å². The van der Waals surface area contributed by atoms with Gasteiger partial charge in [-0.05, 0) is 25.1 Å². The molecule has 27 heavy (non-hydrogen) atoms. The standard InChI is InChI=1S/C20H18ClN5O/c1-12-17-18(26(2)25-12)20(22-14-9-10-16(27-3)15(21)11-14)24-19(23-17)13-7-5-4-6-8-13/h4-11H,1-3H3,(H,22,23,24). The lowest BCUT2D eigenvalue weighted by molar-refractivity contribution is 0.415. The van der Waals surface area contributed by atoms with Crippen LogP contribution in [-0.4, -0.2) is 26.9 Å². The van der Waals surface area contributed by atoms with Crippen molar-refractivity contribution < 1.29 is 4.74 Å². The van der Waals surface area contributed by atoms with Gasteiger partial charge in [0, 0.05) is 18.3 Å². The van der Waals surface area contributed by atoms with Crippen LogP contribution >= 0.6 is 11.6 Å². The number of nitrogens with zero attached hydrogens (tertiary/aromatic N) is 4. The lowest BCUT2D eigenvalue weighted by Crippen LogP contribution is -2.02. The summed E-state index contributed by atoms with van der Waals surface area (Å²) >= 11 is 6.26. The molecule has 0 unspecified atom stereocenters. The van der Waals surface area contributed by atoms with Gasteiger partial charge in [0.15, 0.2) is 11.6 Å². The van der Waals surface area contributed by atoms with Crippen LogP contribution in [0, 0.1) is 6.92 Å². The first-order valence-electron chi connectivity index (χ1n) is 8.44. The number of halogens is 1. The second-order valence-electron chi connectivity index (χ2n) is 6.14. The zero-order valence-corrected chi connectivity index (χ0v) is 15.9. The number of nitrogens with one attached hydrogen (secondary N) is 1. The third kappa shape index (κ3) is 3.19. The lowest BCUT2D eigenvalue weighted by atomic mass is 10.2. The molecule has 7 heteroatoms. The van der Waals surface area contributed by atoms with E-state index in [9.17, 15) is 0 Å². The molecule has 0 aliphatic carbocycles. The van der Waals surface area contributed by atoms with Gasteiger partial charge in [-0.25, -0.2) is 9.97 Å². The minimum Gasteiger partial charge on any atom is -0.495 e. The van der Waals surface area contributed by atoms with E-state index in [-0.39, 0.29) is 0 Å². The number of anilines is 2. The maximum atomic E-state index is 6.26. The largest absolute Gasteiger partial charge is 0.495 e. The summed E-state index contributed by atoms with van der Waals surface area (Å²) in [6.07, 6.45) is 0. The Balaban J connectivity index is 1.86. The maximum Gasteiger partial charge on any atom is 0.162 e. The molecule has 0 atom stereocenters. The molecule has 1 N–H and O–H groups in total. The zero-order chi connectivity index (χ0) is 19.0. The molecular weight excluding hydrogens is 362 g/mol. The van der Waals surface area contributed by atoms with Crippen LogP contribution in [0.5, 0.6) is 5.75 Å². The van der Waals surface area contributed by atoms with Crippen LogP contribution in [-0.2, 0) is 7.05 Å². The number of aromatic nitrogens is 4. The van der Waals surface area contributed by atoms with Gasteiger partial charge in [-0.1, -0.05) is 41.9 Å². The van der Waals surface area contributed by atoms with Gasteiger partial charge in [0.2, 0.25) is 0 Å². The van der Waals surface area contributed by atoms with Crippen LogP contribution in [0.25, 0.3) is 22.4 Å². The molecule has 136 valence electrons. The van der Waals surface area contributed by atoms with Gasteiger partial charge in [0.05, 0.1) is 17.8 Å². The van der Waals surface area contributed by atoms with Gasteiger partial charge < -0.3 is 10.1 Å². The highest BCUT2D eigenvalue weighted by atomic mass is 35.5. The lowest BCUT2D eigenvalue weighted by Gasteiger charge is -2.11. The quantitative estimate of drug-likeness (QED) is 0.554. The highest BCUT2D eigenvalue weighted by Gasteiger charge is 2.16. The second kappa shape index (κ2) is 6.89. The molecule has 4 rings (SSSR count). The summed E-state index contributed by atoms with van der Waals surface area (Å²) in [5.41, 5.74) is 4.24. The number of aryl methyl sites for hydroxylation is 2. The highest BCUT2D eigenvalue weighted by Crippen LogP contribution is 2.32. The summed E-state index contributed by atoms with van der Waals surface area (Å²) in [6.45, 7) is 1.94. The molecule has 0 fully saturated rings. The number of methoxy groups -OCH3 is 1. The highest BCUT2D eigenvalue weighted by molar-refractivity contribution is 6.32. The number of ether oxygens (including phenoxy) is 1. The summed E-state index contributed by atoms with van der Waals surface area (Å²) in [5.74, 6) is 1.93. The first kappa shape index (κ1) is 17.3. The average molecular weight is 380 g/mol. The normalized spacial score (nSPS) is 11.0. The molecule has 0 radical (unpaired) electrons. The predicted octanol–water partition coefficient (Wildman–Crippen LogP) is 4.74. The number of fused-ring (bicyclic) bond motifs is 1. The molecule has 0 saturated carbocycles. The Labute approximate surface area is 161 Å². The predicted molar refractivity (Wildman–Crippen MR) is 108 cm³/mol. The van der Waals surface area contributed by atoms with Crippen LogP contribution in [0.1, 0.15) is 5.69 Å². The van der Waals surface area contributed by atoms with Crippen molar-refractivity contribution >= 4 is 34.1 Å². The second-order valence-corrected chi connectivity index (χ2v) is 6.55. The van der Waals surface area contributed by atoms with E-state index in [1.54, 1.807) is 17.9 Å². The third-order valence-corrected chi connectivity index (χ3v) is 4.59. The summed E-state index contributed by atoms with van der Waals surface area (Å²) < 4.78 is 7.00. The number of benzene rings is 2. The van der Waals surface area contributed by atoms with Crippen LogP contribution in [0.4, 0.5) is 11.5 Å². The van der Waals surface area contributed by atoms with E-state index >= 15 is 0 Å². The van der Waals surface area contributed by atoms with Crippen molar-refractivity contribution in [1.29, 1.82) is 0 Å². The van der Waals surface area contributed by atoms with Gasteiger partial charge in [0.25, 0.3) is 0 Å². The van der Waals surface area contributed by atoms with Gasteiger partial charge in [-0.2, -0.15) is 5.10 Å². The van der Waals surface area contributed by atoms with E-state index in [2.05, 4.69) is 10.4 Å². The van der Waals surface area contributed by atoms with Crippen molar-refractivity contribution in [2.75, 3.05) is 12.4 Å². The molecular formula is C20H18ClN5O. The zero-order valence-electron chi connectivity index (χ0n) is 15.2. The average Bonchev–Trinajstić information content (AvgIpc) is 2.97. The fraction of sp³-hybridized carbons (Fsp3) is 0.150. The van der Waals surface area contributed by atoms with Crippen LogP contribution in [0.3, 0.4) is 0 Å². The van der Waals surface area contributed by atoms with Gasteiger partial charge in [-0.15, -0.1) is 0 Å². The van der Waals surface area contributed by atoms with E-state index in [1.807, 2.05) is 56.4 Å². The van der Waals surface area contributed by atoms with Gasteiger partial charge in [-0.3, -0.25) is 4.68 Å². The Hall–Kier alpha value is -3.12. The molecule has 0 aliphatic rings. The minimum absolute atomic E-state index is 0.525. The van der Waals surface area contributed by atoms with E-state index in [1.165, 1.54) is 0 Å². The Morgan fingerprint density at radius 3 is 2.56 bits per heavy atom. The monoisotopic (exact) mass is 379 g/mol. The molecule has 0 amide bonds. The van der Waals surface area contributed by atoms with Crippen LogP contribution in [0.2, 0.25) is 5.02 Å². The smallest absolute Gasteiger partial charge is 0.162 e. The Bertz CT molecular complexity index is 1120. The molecule has 2 heterocycles. The SMILES string of the molecule is COc1ccc(Nc2nc(-c3ccccc3)nc3c(C)nn(C)c23)cc1Cl. The molecule has 0 aliphatic heterocycles. The minimum atomic E-state index is 0.525. The summed E-state index contributed by atoms with van der Waals surface area (Å²) in [7, 11) is 3.47. The Morgan fingerprint density at radius 1 is 1.07 bits per heavy atom. The molecule has 2 aromatic carbocycles. The fourth-order valence-corrected chi connectivity index (χ4v) is 3.28. The van der Waals surface area contributed by atoms with Crippen molar-refractivity contribution in [2.45, 2.75) is 6.92 Å². The molecule has 2 aromatic heterocycles. The summed E-state index contributed by atoms with van der Waals surface area (Å²) in [6, 6.07) is 15.4. The molecule has 6 nitrogen and oxygen atoms in total. The molecule has 0 bridgehead atoms. The van der Waals surface area contributed by atoms with Crippen LogP contribution < -0.4 is 10.1 Å². The Kier molecular flexibility index (Phi) is 4.41. The van der Waals surface area contributed by atoms with Gasteiger partial charge >= 0.3 is 0 Å². The van der Waals surface area contributed by atoms with E-state index in [4.69, 9.17) is 26.3 Å². The topological polar surface area (TPSA) is 64.9 Å². The van der Waals surface area contributed by atoms with E-state index in [0.717, 1.165) is 28.0 Å². The number of hydrogen-bond acceptors (Lipinski definition) is 5. The first-order chi connectivity index (χ1) is 13.1. The van der Waals surface area contributed by atoms with Crippen molar-refractivity contribution in [1.82, 2.24) is 19.7 Å². The first-order valence-corrected chi connectivity index (χ1v) is 8.82. The number of rotatable bonds is 4. The molecule has 0 spiro atoms. The summed E-state index contributed by atoms with van der Waals surface area (Å²) in [5, 5.41) is 8.38. The van der Waals surface area contributed by atoms with Crippen molar-refractivity contribution in [3.63, 3.8) is 0 Å². The molecule has 4 aromatic rings. The van der Waals surface area contributed by atoms with Crippen molar-refractivity contribution in [3.05, 3.63) is 59.2 Å². The van der Waals surface area contributed by atoms with E-state index < -0.39 is 0 Å². The van der Waals surface area contributed by atoms with E-state index in [0.29, 0.717) is 22.4 Å². The Morgan fingerprint density at radius 2 is 1.85 bits per heavy atom. The maximum absolute atomic E-state index is 6.26. The third-order valence-electron chi connectivity index (χ3n) is 4.30. The summed E-state index contributed by atoms with van der Waals surface area (Å²) in [4.78, 5) is 9.49. The van der Waals surface area contributed by atoms with Crippen LogP contribution in [0.15, 0.2) is 48.5 Å². The molecule has 0 saturated heterocycles.